The van der Waals surface area contributed by atoms with Gasteiger partial charge in [-0.05, 0) is 56.8 Å². The molecular formula is C31H52N10O4. The summed E-state index contributed by atoms with van der Waals surface area (Å²) < 4.78 is 0. The lowest BCUT2D eigenvalue weighted by Crippen LogP contribution is -2.49. The Morgan fingerprint density at radius 2 is 1.40 bits per heavy atom. The predicted molar refractivity (Wildman–Crippen MR) is 177 cm³/mol. The molecule has 1 aromatic heterocycles. The molecule has 0 saturated carbocycles. The molecule has 2 rings (SSSR count). The maximum Gasteiger partial charge on any atom is 0.243 e. The van der Waals surface area contributed by atoms with E-state index in [1.54, 1.807) is 6.20 Å². The highest BCUT2D eigenvalue weighted by atomic mass is 16.2. The SMILES string of the molecule is NC(=O)C[C@H](NC(=O)Cc1c[nH]c2ccccc12)C(=O)NCCCCCCCNCCCCCNC(=O)[C@@H](N)CCN=C(N)N. The van der Waals surface area contributed by atoms with E-state index < -0.39 is 23.9 Å². The second-order valence-corrected chi connectivity index (χ2v) is 11.2. The lowest BCUT2D eigenvalue weighted by Gasteiger charge is -2.17. The molecule has 4 amide bonds. The van der Waals surface area contributed by atoms with Crippen LogP contribution >= 0.6 is 0 Å². The van der Waals surface area contributed by atoms with E-state index in [0.29, 0.717) is 26.1 Å². The number of rotatable bonds is 24. The van der Waals surface area contributed by atoms with Crippen LogP contribution in [0.15, 0.2) is 35.5 Å². The van der Waals surface area contributed by atoms with E-state index in [-0.39, 0.29) is 30.6 Å². The van der Waals surface area contributed by atoms with E-state index in [2.05, 4.69) is 31.2 Å². The molecule has 2 atom stereocenters. The molecule has 1 heterocycles. The Kier molecular flexibility index (Phi) is 17.7. The molecule has 0 aliphatic carbocycles. The number of nitrogens with zero attached hydrogens (tertiary/aromatic N) is 1. The maximum atomic E-state index is 12.7. The van der Waals surface area contributed by atoms with Crippen molar-refractivity contribution >= 4 is 40.5 Å². The van der Waals surface area contributed by atoms with Crippen molar-refractivity contribution in [3.05, 3.63) is 36.0 Å². The molecule has 2 aromatic rings. The maximum absolute atomic E-state index is 12.7. The van der Waals surface area contributed by atoms with E-state index in [0.717, 1.165) is 80.9 Å². The molecule has 14 heteroatoms. The second kappa shape index (κ2) is 21.5. The van der Waals surface area contributed by atoms with Gasteiger partial charge in [-0.15, -0.1) is 0 Å². The Hall–Kier alpha value is -4.17. The minimum atomic E-state index is -1.00. The van der Waals surface area contributed by atoms with E-state index in [4.69, 9.17) is 22.9 Å². The number of nitrogens with two attached hydrogens (primary N) is 4. The summed E-state index contributed by atoms with van der Waals surface area (Å²) >= 11 is 0. The van der Waals surface area contributed by atoms with Crippen molar-refractivity contribution < 1.29 is 19.2 Å². The third kappa shape index (κ3) is 15.9. The Morgan fingerprint density at radius 1 is 0.800 bits per heavy atom. The molecule has 0 spiro atoms. The lowest BCUT2D eigenvalue weighted by molar-refractivity contribution is -0.131. The van der Waals surface area contributed by atoms with Gasteiger partial charge in [-0.3, -0.25) is 24.2 Å². The summed E-state index contributed by atoms with van der Waals surface area (Å²) in [7, 11) is 0. The van der Waals surface area contributed by atoms with Gasteiger partial charge in [0, 0.05) is 36.7 Å². The summed E-state index contributed by atoms with van der Waals surface area (Å²) in [5, 5.41) is 12.7. The normalized spacial score (nSPS) is 12.3. The summed E-state index contributed by atoms with van der Waals surface area (Å²) in [5.41, 5.74) is 23.4. The van der Waals surface area contributed by atoms with E-state index in [1.807, 2.05) is 24.3 Å². The van der Waals surface area contributed by atoms with Crippen LogP contribution in [0.1, 0.15) is 69.8 Å². The van der Waals surface area contributed by atoms with Crippen LogP contribution in [0.4, 0.5) is 0 Å². The van der Waals surface area contributed by atoms with Crippen LogP contribution in [0, 0.1) is 0 Å². The third-order valence-electron chi connectivity index (χ3n) is 7.31. The van der Waals surface area contributed by atoms with Crippen molar-refractivity contribution in [3.63, 3.8) is 0 Å². The quantitative estimate of drug-likeness (QED) is 0.0434. The van der Waals surface area contributed by atoms with Crippen LogP contribution in [0.5, 0.6) is 0 Å². The molecule has 0 saturated heterocycles. The van der Waals surface area contributed by atoms with Crippen LogP contribution < -0.4 is 44.2 Å². The number of aliphatic imine (C=N–C) groups is 1. The van der Waals surface area contributed by atoms with Gasteiger partial charge in [0.2, 0.25) is 23.6 Å². The standard InChI is InChI=1S/C31H52N10O4/c32-24(13-18-39-31(34)35)29(44)37-16-10-4-8-15-36-14-7-2-1-3-9-17-38-30(45)26(20-27(33)42)41-28(43)19-22-21-40-25-12-6-5-11-23(22)25/h5-6,11-12,21,24,26,36,40H,1-4,7-10,13-20,32H2,(H2,33,42)(H,37,44)(H,38,45)(H,41,43)(H4,34,35,39)/t24-,26-/m0/s1. The van der Waals surface area contributed by atoms with E-state index in [9.17, 15) is 19.2 Å². The van der Waals surface area contributed by atoms with Crippen molar-refractivity contribution in [2.24, 2.45) is 27.9 Å². The van der Waals surface area contributed by atoms with Gasteiger partial charge in [0.15, 0.2) is 5.96 Å². The number of para-hydroxylation sites is 1. The summed E-state index contributed by atoms with van der Waals surface area (Å²) in [5.74, 6) is -1.60. The van der Waals surface area contributed by atoms with Crippen molar-refractivity contribution in [1.29, 1.82) is 0 Å². The molecule has 0 unspecified atom stereocenters. The summed E-state index contributed by atoms with van der Waals surface area (Å²) in [4.78, 5) is 55.7. The minimum Gasteiger partial charge on any atom is -0.370 e. The van der Waals surface area contributed by atoms with Gasteiger partial charge in [0.05, 0.1) is 18.9 Å². The monoisotopic (exact) mass is 628 g/mol. The van der Waals surface area contributed by atoms with Crippen LogP contribution in [0.3, 0.4) is 0 Å². The molecule has 13 N–H and O–H groups in total. The number of hydrogen-bond acceptors (Lipinski definition) is 7. The summed E-state index contributed by atoms with van der Waals surface area (Å²) in [6, 6.07) is 6.03. The first kappa shape index (κ1) is 37.0. The first-order chi connectivity index (χ1) is 21.7. The Morgan fingerprint density at radius 3 is 2.07 bits per heavy atom. The fourth-order valence-electron chi connectivity index (χ4n) is 4.83. The number of unbranched alkanes of at least 4 members (excludes halogenated alkanes) is 6. The number of carbonyl (C=O) groups is 4. The highest BCUT2D eigenvalue weighted by Gasteiger charge is 2.23. The Bertz CT molecular complexity index is 1230. The number of nitrogens with one attached hydrogen (secondary N) is 5. The third-order valence-corrected chi connectivity index (χ3v) is 7.31. The van der Waals surface area contributed by atoms with Crippen LogP contribution in [0.2, 0.25) is 0 Å². The van der Waals surface area contributed by atoms with Gasteiger partial charge in [-0.1, -0.05) is 43.9 Å². The fourth-order valence-corrected chi connectivity index (χ4v) is 4.83. The largest absolute Gasteiger partial charge is 0.370 e. The highest BCUT2D eigenvalue weighted by Crippen LogP contribution is 2.18. The molecule has 14 nitrogen and oxygen atoms in total. The topological polar surface area (TPSA) is 249 Å². The number of carbonyl (C=O) groups excluding carboxylic acids is 4. The highest BCUT2D eigenvalue weighted by molar-refractivity contribution is 5.94. The number of aromatic amines is 1. The van der Waals surface area contributed by atoms with Crippen LogP contribution in [0.25, 0.3) is 10.9 Å². The van der Waals surface area contributed by atoms with Crippen LogP contribution in [-0.4, -0.2) is 79.4 Å². The van der Waals surface area contributed by atoms with Crippen molar-refractivity contribution in [3.8, 4) is 0 Å². The van der Waals surface area contributed by atoms with Gasteiger partial charge >= 0.3 is 0 Å². The molecule has 0 radical (unpaired) electrons. The lowest BCUT2D eigenvalue weighted by atomic mass is 10.1. The molecule has 0 fully saturated rings. The van der Waals surface area contributed by atoms with E-state index >= 15 is 0 Å². The molecular weight excluding hydrogens is 576 g/mol. The van der Waals surface area contributed by atoms with Crippen molar-refractivity contribution in [1.82, 2.24) is 26.3 Å². The number of amides is 4. The zero-order chi connectivity index (χ0) is 32.9. The zero-order valence-electron chi connectivity index (χ0n) is 26.2. The molecule has 45 heavy (non-hydrogen) atoms. The Balaban J connectivity index is 1.46. The zero-order valence-corrected chi connectivity index (χ0v) is 26.2. The van der Waals surface area contributed by atoms with Crippen molar-refractivity contribution in [2.45, 2.75) is 82.7 Å². The molecule has 0 bridgehead atoms. The Labute approximate surface area is 265 Å². The minimum absolute atomic E-state index is 0.00797. The molecule has 250 valence electrons. The first-order valence-corrected chi connectivity index (χ1v) is 15.9. The van der Waals surface area contributed by atoms with Gasteiger partial charge < -0.3 is 49.2 Å². The number of fused-ring (bicyclic) bond motifs is 1. The van der Waals surface area contributed by atoms with Gasteiger partial charge in [-0.2, -0.15) is 0 Å². The number of primary amides is 1. The molecule has 1 aromatic carbocycles. The number of hydrogen-bond donors (Lipinski definition) is 9. The van der Waals surface area contributed by atoms with E-state index in [1.165, 1.54) is 0 Å². The molecule has 0 aliphatic rings. The predicted octanol–water partition coefficient (Wildman–Crippen LogP) is 0.00420. The summed E-state index contributed by atoms with van der Waals surface area (Å²) in [6.45, 7) is 3.28. The summed E-state index contributed by atoms with van der Waals surface area (Å²) in [6.07, 6.45) is 9.93. The van der Waals surface area contributed by atoms with Crippen LogP contribution in [-0.2, 0) is 25.6 Å². The number of aromatic nitrogens is 1. The average Bonchev–Trinajstić information content (AvgIpc) is 3.40. The average molecular weight is 629 g/mol. The number of guanidine groups is 1. The first-order valence-electron chi connectivity index (χ1n) is 15.9. The number of benzene rings is 1. The van der Waals surface area contributed by atoms with Gasteiger partial charge in [0.1, 0.15) is 6.04 Å². The fraction of sp³-hybridized carbons (Fsp3) is 0.581. The van der Waals surface area contributed by atoms with Gasteiger partial charge in [0.25, 0.3) is 0 Å². The molecule has 0 aliphatic heterocycles. The number of H-pyrrole nitrogens is 1. The smallest absolute Gasteiger partial charge is 0.243 e. The van der Waals surface area contributed by atoms with Gasteiger partial charge in [-0.25, -0.2) is 0 Å². The van der Waals surface area contributed by atoms with Crippen molar-refractivity contribution in [2.75, 3.05) is 32.7 Å². The second-order valence-electron chi connectivity index (χ2n) is 11.2.